The van der Waals surface area contributed by atoms with Crippen LogP contribution in [0.2, 0.25) is 5.02 Å². The standard InChI is InChI=1S/C16H18BrCl/c17-13(7-9-1-5-12(18)6-2-9)16-14-10-3-4-11(8-10)15(14)16/h1-2,5-6,10-11,13-16H,3-4,7-8H2. The van der Waals surface area contributed by atoms with Crippen molar-refractivity contribution in [2.45, 2.75) is 30.5 Å². The summed E-state index contributed by atoms with van der Waals surface area (Å²) in [5.41, 5.74) is 1.42. The molecule has 96 valence electrons. The van der Waals surface area contributed by atoms with Crippen LogP contribution in [0, 0.1) is 29.6 Å². The summed E-state index contributed by atoms with van der Waals surface area (Å²) in [5.74, 6) is 5.26. The molecule has 3 fully saturated rings. The molecule has 0 saturated heterocycles. The molecule has 18 heavy (non-hydrogen) atoms. The fourth-order valence-corrected chi connectivity index (χ4v) is 6.06. The van der Waals surface area contributed by atoms with Crippen LogP contribution in [0.3, 0.4) is 0 Å². The van der Waals surface area contributed by atoms with Crippen LogP contribution in [0.25, 0.3) is 0 Å². The summed E-state index contributed by atoms with van der Waals surface area (Å²) in [7, 11) is 0. The van der Waals surface area contributed by atoms with Crippen molar-refractivity contribution < 1.29 is 0 Å². The first-order valence-electron chi connectivity index (χ1n) is 7.12. The van der Waals surface area contributed by atoms with Gasteiger partial charge in [-0.15, -0.1) is 0 Å². The van der Waals surface area contributed by atoms with Gasteiger partial charge in [0, 0.05) is 9.85 Å². The Bertz CT molecular complexity index is 439. The van der Waals surface area contributed by atoms with Gasteiger partial charge in [-0.2, -0.15) is 0 Å². The molecule has 0 radical (unpaired) electrons. The normalized spacial score (nSPS) is 41.8. The molecule has 0 spiro atoms. The highest BCUT2D eigenvalue weighted by Crippen LogP contribution is 2.71. The molecule has 0 N–H and O–H groups in total. The Morgan fingerprint density at radius 3 is 2.33 bits per heavy atom. The number of halogens is 2. The molecule has 0 heterocycles. The molecule has 3 saturated carbocycles. The average Bonchev–Trinajstić information content (AvgIpc) is 2.82. The van der Waals surface area contributed by atoms with E-state index in [4.69, 9.17) is 11.6 Å². The van der Waals surface area contributed by atoms with Gasteiger partial charge in [0.2, 0.25) is 0 Å². The zero-order chi connectivity index (χ0) is 12.3. The molecule has 0 aromatic heterocycles. The van der Waals surface area contributed by atoms with Gasteiger partial charge in [0.05, 0.1) is 0 Å². The van der Waals surface area contributed by atoms with Crippen molar-refractivity contribution in [3.05, 3.63) is 34.9 Å². The first-order chi connectivity index (χ1) is 8.74. The second-order valence-corrected chi connectivity index (χ2v) is 8.02. The Labute approximate surface area is 122 Å². The number of hydrogen-bond acceptors (Lipinski definition) is 0. The first-order valence-corrected chi connectivity index (χ1v) is 8.42. The lowest BCUT2D eigenvalue weighted by Gasteiger charge is -2.14. The predicted octanol–water partition coefficient (Wildman–Crippen LogP) is 4.94. The van der Waals surface area contributed by atoms with Gasteiger partial charge < -0.3 is 0 Å². The summed E-state index contributed by atoms with van der Waals surface area (Å²) >= 11 is 9.90. The van der Waals surface area contributed by atoms with E-state index < -0.39 is 0 Å². The van der Waals surface area contributed by atoms with Crippen LogP contribution in [-0.4, -0.2) is 4.83 Å². The third-order valence-electron chi connectivity index (χ3n) is 5.56. The summed E-state index contributed by atoms with van der Waals surface area (Å²) < 4.78 is 0. The minimum atomic E-state index is 0.678. The molecule has 4 rings (SSSR count). The molecule has 3 aliphatic rings. The van der Waals surface area contributed by atoms with Gasteiger partial charge in [0.15, 0.2) is 0 Å². The maximum Gasteiger partial charge on any atom is 0.0406 e. The Balaban J connectivity index is 1.43. The van der Waals surface area contributed by atoms with Crippen molar-refractivity contribution >= 4 is 27.5 Å². The predicted molar refractivity (Wildman–Crippen MR) is 79.2 cm³/mol. The van der Waals surface area contributed by atoms with E-state index in [-0.39, 0.29) is 0 Å². The second-order valence-electron chi connectivity index (χ2n) is 6.41. The fraction of sp³-hybridized carbons (Fsp3) is 0.625. The molecule has 0 nitrogen and oxygen atoms in total. The topological polar surface area (TPSA) is 0 Å². The van der Waals surface area contributed by atoms with Gasteiger partial charge in [-0.3, -0.25) is 0 Å². The third kappa shape index (κ3) is 1.78. The van der Waals surface area contributed by atoms with Crippen molar-refractivity contribution in [1.29, 1.82) is 0 Å². The van der Waals surface area contributed by atoms with Crippen LogP contribution in [-0.2, 0) is 6.42 Å². The highest BCUT2D eigenvalue weighted by Gasteiger charge is 2.66. The van der Waals surface area contributed by atoms with Crippen LogP contribution >= 0.6 is 27.5 Å². The summed E-state index contributed by atoms with van der Waals surface area (Å²) in [6, 6.07) is 8.36. The van der Waals surface area contributed by atoms with E-state index in [9.17, 15) is 0 Å². The smallest absolute Gasteiger partial charge is 0.0406 e. The molecule has 2 bridgehead atoms. The van der Waals surface area contributed by atoms with Gasteiger partial charge in [-0.25, -0.2) is 0 Å². The molecule has 3 aliphatic carbocycles. The van der Waals surface area contributed by atoms with Crippen LogP contribution in [0.15, 0.2) is 24.3 Å². The lowest BCUT2D eigenvalue weighted by atomic mass is 9.97. The Morgan fingerprint density at radius 1 is 1.11 bits per heavy atom. The van der Waals surface area contributed by atoms with Crippen molar-refractivity contribution in [3.8, 4) is 0 Å². The highest BCUT2D eigenvalue weighted by atomic mass is 79.9. The monoisotopic (exact) mass is 324 g/mol. The van der Waals surface area contributed by atoms with E-state index in [0.29, 0.717) is 4.83 Å². The van der Waals surface area contributed by atoms with Crippen LogP contribution in [0.1, 0.15) is 24.8 Å². The SMILES string of the molecule is Clc1ccc(CC(Br)C2C3C4CCC(C4)C23)cc1. The molecule has 2 heteroatoms. The average molecular weight is 326 g/mol. The summed E-state index contributed by atoms with van der Waals surface area (Å²) in [6.07, 6.45) is 5.74. The zero-order valence-electron chi connectivity index (χ0n) is 10.4. The fourth-order valence-electron chi connectivity index (χ4n) is 4.86. The molecular weight excluding hydrogens is 308 g/mol. The quantitative estimate of drug-likeness (QED) is 0.691. The molecular formula is C16H18BrCl. The molecule has 1 aromatic rings. The van der Waals surface area contributed by atoms with Crippen molar-refractivity contribution in [2.75, 3.05) is 0 Å². The largest absolute Gasteiger partial charge is 0.0884 e. The maximum atomic E-state index is 5.94. The lowest BCUT2D eigenvalue weighted by Crippen LogP contribution is -2.12. The van der Waals surface area contributed by atoms with E-state index in [1.54, 1.807) is 6.42 Å². The lowest BCUT2D eigenvalue weighted by molar-refractivity contribution is 0.455. The second kappa shape index (κ2) is 4.24. The van der Waals surface area contributed by atoms with Gasteiger partial charge in [0.1, 0.15) is 0 Å². The number of hydrogen-bond donors (Lipinski definition) is 0. The zero-order valence-corrected chi connectivity index (χ0v) is 12.7. The minimum Gasteiger partial charge on any atom is -0.0884 e. The Kier molecular flexibility index (Phi) is 2.78. The first kappa shape index (κ1) is 11.8. The molecule has 5 atom stereocenters. The molecule has 1 aromatic carbocycles. The third-order valence-corrected chi connectivity index (χ3v) is 6.74. The van der Waals surface area contributed by atoms with Gasteiger partial charge in [-0.05, 0) is 73.0 Å². The van der Waals surface area contributed by atoms with Crippen molar-refractivity contribution in [1.82, 2.24) is 0 Å². The summed E-state index contributed by atoms with van der Waals surface area (Å²) in [4.78, 5) is 0.678. The van der Waals surface area contributed by atoms with Gasteiger partial charge >= 0.3 is 0 Å². The number of fused-ring (bicyclic) bond motifs is 5. The van der Waals surface area contributed by atoms with E-state index in [0.717, 1.165) is 41.0 Å². The van der Waals surface area contributed by atoms with Gasteiger partial charge in [-0.1, -0.05) is 39.7 Å². The molecule has 5 unspecified atom stereocenters. The Morgan fingerprint density at radius 2 is 1.72 bits per heavy atom. The van der Waals surface area contributed by atoms with Crippen molar-refractivity contribution in [2.24, 2.45) is 29.6 Å². The van der Waals surface area contributed by atoms with Crippen LogP contribution in [0.5, 0.6) is 0 Å². The maximum absolute atomic E-state index is 5.94. The van der Waals surface area contributed by atoms with E-state index >= 15 is 0 Å². The summed E-state index contributed by atoms with van der Waals surface area (Å²) in [6.45, 7) is 0. The number of alkyl halides is 1. The molecule has 0 aliphatic heterocycles. The Hall–Kier alpha value is -0.0100. The highest BCUT2D eigenvalue weighted by molar-refractivity contribution is 9.09. The van der Waals surface area contributed by atoms with E-state index in [1.807, 2.05) is 12.1 Å². The molecule has 0 amide bonds. The minimum absolute atomic E-state index is 0.678. The van der Waals surface area contributed by atoms with Crippen LogP contribution in [0.4, 0.5) is 0 Å². The van der Waals surface area contributed by atoms with Crippen LogP contribution < -0.4 is 0 Å². The number of rotatable bonds is 3. The number of benzene rings is 1. The van der Waals surface area contributed by atoms with Crippen molar-refractivity contribution in [3.63, 3.8) is 0 Å². The van der Waals surface area contributed by atoms with E-state index in [2.05, 4.69) is 28.1 Å². The van der Waals surface area contributed by atoms with E-state index in [1.165, 1.54) is 18.4 Å². The van der Waals surface area contributed by atoms with Gasteiger partial charge in [0.25, 0.3) is 0 Å². The summed E-state index contributed by atoms with van der Waals surface area (Å²) in [5, 5.41) is 0.839.